The molecule has 0 amide bonds. The zero-order valence-electron chi connectivity index (χ0n) is 50.5. The molecule has 3 unspecified atom stereocenters. The Morgan fingerprint density at radius 3 is 0.899 bits per heavy atom. The van der Waals surface area contributed by atoms with E-state index in [0.29, 0.717) is 25.7 Å². The minimum Gasteiger partial charge on any atom is -0.462 e. The summed E-state index contributed by atoms with van der Waals surface area (Å²) in [6, 6.07) is 0. The molecule has 0 aliphatic heterocycles. The summed E-state index contributed by atoms with van der Waals surface area (Å²) in [5.74, 6) is -1.41. The van der Waals surface area contributed by atoms with E-state index in [1.165, 1.54) is 116 Å². The molecule has 0 radical (unpaired) electrons. The largest absolute Gasteiger partial charge is 0.472 e. The summed E-state index contributed by atoms with van der Waals surface area (Å²) >= 11 is 0. The molecule has 79 heavy (non-hydrogen) atoms. The minimum absolute atomic E-state index is 0.106. The number of carbonyl (C=O) groups excluding carboxylic acids is 4. The molecule has 19 heteroatoms. The van der Waals surface area contributed by atoms with Crippen LogP contribution < -0.4 is 0 Å². The first-order valence-electron chi connectivity index (χ1n) is 31.7. The van der Waals surface area contributed by atoms with Gasteiger partial charge in [-0.25, -0.2) is 9.13 Å². The number of phosphoric ester groups is 2. The van der Waals surface area contributed by atoms with Gasteiger partial charge in [0.2, 0.25) is 0 Å². The molecular weight excluding hydrogens is 1050 g/mol. The Balaban J connectivity index is 5.23. The summed E-state index contributed by atoms with van der Waals surface area (Å²) in [4.78, 5) is 71.9. The fourth-order valence-corrected chi connectivity index (χ4v) is 10.4. The van der Waals surface area contributed by atoms with Crippen molar-refractivity contribution in [2.24, 2.45) is 5.92 Å². The number of ether oxygens (including phenoxy) is 4. The fraction of sp³-hybridized carbons (Fsp3) is 0.933. The second kappa shape index (κ2) is 54.0. The molecule has 17 nitrogen and oxygen atoms in total. The van der Waals surface area contributed by atoms with Crippen LogP contribution in [-0.4, -0.2) is 96.7 Å². The van der Waals surface area contributed by atoms with Crippen LogP contribution in [0.1, 0.15) is 298 Å². The van der Waals surface area contributed by atoms with Gasteiger partial charge in [0, 0.05) is 25.7 Å². The van der Waals surface area contributed by atoms with E-state index in [-0.39, 0.29) is 25.7 Å². The predicted molar refractivity (Wildman–Crippen MR) is 312 cm³/mol. The van der Waals surface area contributed by atoms with Crippen LogP contribution in [0.5, 0.6) is 0 Å². The average Bonchev–Trinajstić information content (AvgIpc) is 3.42. The highest BCUT2D eigenvalue weighted by Gasteiger charge is 2.30. The molecule has 0 saturated carbocycles. The maximum Gasteiger partial charge on any atom is 0.472 e. The molecule has 0 aromatic rings. The van der Waals surface area contributed by atoms with E-state index < -0.39 is 97.5 Å². The van der Waals surface area contributed by atoms with Gasteiger partial charge in [-0.15, -0.1) is 0 Å². The van der Waals surface area contributed by atoms with E-state index in [4.69, 9.17) is 37.0 Å². The summed E-state index contributed by atoms with van der Waals surface area (Å²) in [5, 5.41) is 10.5. The standard InChI is InChI=1S/C60H116O17P2/c1-6-10-13-16-19-22-23-26-29-36-41-46-60(65)77-56(50-71-58(63)44-39-34-31-30-32-37-42-53(5)9-4)52-75-79(68,69)73-48-54(61)47-72-78(66,67)74-51-55(76-59(64)45-40-35-28-25-21-18-15-12-8-3)49-70-57(62)43-38-33-27-24-20-17-14-11-7-2/h53-56,61H,6-52H2,1-5H3,(H,66,67)(H,68,69)/t53?,54-,55+,56+/m0/s1. The lowest BCUT2D eigenvalue weighted by Crippen LogP contribution is -2.30. The first-order chi connectivity index (χ1) is 38.1. The number of aliphatic hydroxyl groups excluding tert-OH is 1. The maximum absolute atomic E-state index is 12.9. The summed E-state index contributed by atoms with van der Waals surface area (Å²) in [7, 11) is -9.87. The number of carbonyl (C=O) groups is 4. The SMILES string of the molecule is CCCCCCCCCCCCCC(=O)O[C@H](COC(=O)CCCCCCCCC(C)CC)COP(=O)(O)OC[C@@H](O)COP(=O)(O)OC[C@@H](COC(=O)CCCCCCCCCCC)OC(=O)CCCCCCCCCCC. The number of hydrogen-bond donors (Lipinski definition) is 3. The quantitative estimate of drug-likeness (QED) is 0.0222. The summed E-state index contributed by atoms with van der Waals surface area (Å²) < 4.78 is 67.7. The molecule has 0 aliphatic rings. The molecule has 0 spiro atoms. The number of phosphoric acid groups is 2. The summed E-state index contributed by atoms with van der Waals surface area (Å²) in [6.07, 6.45) is 36.1. The van der Waals surface area contributed by atoms with Gasteiger partial charge in [-0.05, 0) is 31.6 Å². The first-order valence-corrected chi connectivity index (χ1v) is 34.7. The van der Waals surface area contributed by atoms with Gasteiger partial charge in [0.25, 0.3) is 0 Å². The van der Waals surface area contributed by atoms with Crippen LogP contribution in [0.15, 0.2) is 0 Å². The maximum atomic E-state index is 12.9. The average molecular weight is 1170 g/mol. The van der Waals surface area contributed by atoms with Crippen LogP contribution in [0.2, 0.25) is 0 Å². The Morgan fingerprint density at radius 1 is 0.354 bits per heavy atom. The van der Waals surface area contributed by atoms with E-state index in [1.807, 2.05) is 0 Å². The number of unbranched alkanes of at least 4 members (excludes halogenated alkanes) is 31. The van der Waals surface area contributed by atoms with Crippen molar-refractivity contribution in [3.05, 3.63) is 0 Å². The Hall–Kier alpha value is -1.94. The monoisotopic (exact) mass is 1170 g/mol. The molecular formula is C60H116O17P2. The number of hydrogen-bond acceptors (Lipinski definition) is 15. The van der Waals surface area contributed by atoms with Gasteiger partial charge in [-0.1, -0.05) is 247 Å². The van der Waals surface area contributed by atoms with Crippen molar-refractivity contribution in [3.63, 3.8) is 0 Å². The number of aliphatic hydroxyl groups is 1. The van der Waals surface area contributed by atoms with Crippen LogP contribution in [0.3, 0.4) is 0 Å². The van der Waals surface area contributed by atoms with Gasteiger partial charge in [0.05, 0.1) is 26.4 Å². The van der Waals surface area contributed by atoms with Crippen molar-refractivity contribution in [1.29, 1.82) is 0 Å². The van der Waals surface area contributed by atoms with E-state index >= 15 is 0 Å². The van der Waals surface area contributed by atoms with Crippen molar-refractivity contribution in [2.75, 3.05) is 39.6 Å². The second-order valence-electron chi connectivity index (χ2n) is 22.0. The Labute approximate surface area is 479 Å². The molecule has 0 bridgehead atoms. The Morgan fingerprint density at radius 2 is 0.608 bits per heavy atom. The molecule has 0 aliphatic carbocycles. The highest BCUT2D eigenvalue weighted by Crippen LogP contribution is 2.45. The molecule has 3 N–H and O–H groups in total. The van der Waals surface area contributed by atoms with Crippen molar-refractivity contribution in [2.45, 2.75) is 316 Å². The molecule has 0 saturated heterocycles. The third-order valence-electron chi connectivity index (χ3n) is 14.1. The van der Waals surface area contributed by atoms with E-state index in [0.717, 1.165) is 102 Å². The van der Waals surface area contributed by atoms with Crippen LogP contribution in [0.25, 0.3) is 0 Å². The molecule has 6 atom stereocenters. The summed E-state index contributed by atoms with van der Waals surface area (Å²) in [5.41, 5.74) is 0. The lowest BCUT2D eigenvalue weighted by molar-refractivity contribution is -0.161. The zero-order chi connectivity index (χ0) is 58.5. The molecule has 0 aromatic carbocycles. The molecule has 0 aromatic heterocycles. The van der Waals surface area contributed by atoms with Gasteiger partial charge >= 0.3 is 39.5 Å². The lowest BCUT2D eigenvalue weighted by Gasteiger charge is -2.21. The first kappa shape index (κ1) is 77.1. The number of rotatable bonds is 60. The van der Waals surface area contributed by atoms with E-state index in [9.17, 15) is 43.2 Å². The van der Waals surface area contributed by atoms with Crippen molar-refractivity contribution < 1.29 is 80.2 Å². The van der Waals surface area contributed by atoms with Gasteiger partial charge < -0.3 is 33.8 Å². The minimum atomic E-state index is -4.94. The Bertz CT molecular complexity index is 1550. The Kier molecular flexibility index (Phi) is 52.7. The molecule has 0 heterocycles. The lowest BCUT2D eigenvalue weighted by atomic mass is 10.00. The topological polar surface area (TPSA) is 237 Å². The van der Waals surface area contributed by atoms with Crippen molar-refractivity contribution >= 4 is 39.5 Å². The van der Waals surface area contributed by atoms with Gasteiger partial charge in [0.1, 0.15) is 19.3 Å². The smallest absolute Gasteiger partial charge is 0.462 e. The van der Waals surface area contributed by atoms with E-state index in [2.05, 4.69) is 34.6 Å². The molecule has 0 rings (SSSR count). The highest BCUT2D eigenvalue weighted by molar-refractivity contribution is 7.47. The van der Waals surface area contributed by atoms with Crippen LogP contribution in [0.4, 0.5) is 0 Å². The highest BCUT2D eigenvalue weighted by atomic mass is 31.2. The van der Waals surface area contributed by atoms with Crippen LogP contribution in [-0.2, 0) is 65.4 Å². The summed E-state index contributed by atoms with van der Waals surface area (Å²) in [6.45, 7) is 7.09. The third kappa shape index (κ3) is 53.8. The van der Waals surface area contributed by atoms with E-state index in [1.54, 1.807) is 0 Å². The van der Waals surface area contributed by atoms with Crippen molar-refractivity contribution in [3.8, 4) is 0 Å². The normalized spacial score (nSPS) is 14.7. The van der Waals surface area contributed by atoms with Gasteiger partial charge in [-0.2, -0.15) is 0 Å². The third-order valence-corrected chi connectivity index (χ3v) is 16.0. The van der Waals surface area contributed by atoms with Crippen LogP contribution >= 0.6 is 15.6 Å². The fourth-order valence-electron chi connectivity index (χ4n) is 8.84. The second-order valence-corrected chi connectivity index (χ2v) is 24.9. The molecule has 468 valence electrons. The van der Waals surface area contributed by atoms with Crippen LogP contribution in [0, 0.1) is 5.92 Å². The van der Waals surface area contributed by atoms with Crippen molar-refractivity contribution in [1.82, 2.24) is 0 Å². The molecule has 0 fully saturated rings. The van der Waals surface area contributed by atoms with Gasteiger partial charge in [-0.3, -0.25) is 37.3 Å². The number of esters is 4. The van der Waals surface area contributed by atoms with Gasteiger partial charge in [0.15, 0.2) is 12.2 Å². The zero-order valence-corrected chi connectivity index (χ0v) is 52.3. The predicted octanol–water partition coefficient (Wildman–Crippen LogP) is 16.2.